The summed E-state index contributed by atoms with van der Waals surface area (Å²) in [5.41, 5.74) is 6.99. The predicted molar refractivity (Wildman–Crippen MR) is 89.6 cm³/mol. The van der Waals surface area contributed by atoms with E-state index in [-0.39, 0.29) is 17.2 Å². The number of ketones is 1. The third-order valence-electron chi connectivity index (χ3n) is 4.17. The fourth-order valence-electron chi connectivity index (χ4n) is 3.16. The summed E-state index contributed by atoms with van der Waals surface area (Å²) >= 11 is 12.4. The van der Waals surface area contributed by atoms with Crippen LogP contribution >= 0.6 is 23.2 Å². The number of methoxy groups -OCH3 is 1. The molecule has 2 N–H and O–H groups in total. The number of carbonyl (C=O) groups excluding carboxylic acids is 1. The second-order valence-corrected chi connectivity index (χ2v) is 6.39. The Morgan fingerprint density at radius 3 is 2.79 bits per heavy atom. The molecular formula is C17H14Cl2N2O3. The average molecular weight is 365 g/mol. The molecule has 1 aromatic carbocycles. The number of allylic oxidation sites excluding steroid dienone is 3. The topological polar surface area (TPSA) is 85.3 Å². The second-order valence-electron chi connectivity index (χ2n) is 5.54. The summed E-state index contributed by atoms with van der Waals surface area (Å²) in [6, 6.07) is 5.19. The minimum Gasteiger partial charge on any atom is -0.496 e. The van der Waals surface area contributed by atoms with Crippen LogP contribution in [0.25, 0.3) is 0 Å². The maximum atomic E-state index is 12.5. The zero-order valence-corrected chi connectivity index (χ0v) is 14.4. The maximum absolute atomic E-state index is 12.5. The molecule has 0 unspecified atom stereocenters. The summed E-state index contributed by atoms with van der Waals surface area (Å²) < 4.78 is 10.9. The highest BCUT2D eigenvalue weighted by Gasteiger charge is 2.40. The number of carbonyl (C=O) groups is 1. The number of benzene rings is 1. The third-order valence-corrected chi connectivity index (χ3v) is 4.70. The normalized spacial score (nSPS) is 20.4. The number of nitriles is 1. The van der Waals surface area contributed by atoms with E-state index in [0.717, 1.165) is 0 Å². The number of Topliss-reactive ketones (excluding diaryl/α,β-unsaturated/α-hetero) is 1. The Bertz CT molecular complexity index is 837. The average Bonchev–Trinajstić information content (AvgIpc) is 2.53. The molecule has 124 valence electrons. The Hall–Kier alpha value is -2.16. The molecule has 1 aromatic rings. The fourth-order valence-corrected chi connectivity index (χ4v) is 3.74. The van der Waals surface area contributed by atoms with Gasteiger partial charge < -0.3 is 15.2 Å². The van der Waals surface area contributed by atoms with Crippen molar-refractivity contribution in [3.05, 3.63) is 50.5 Å². The second kappa shape index (κ2) is 6.39. The molecule has 7 heteroatoms. The van der Waals surface area contributed by atoms with Gasteiger partial charge in [-0.25, -0.2) is 0 Å². The highest BCUT2D eigenvalue weighted by atomic mass is 35.5. The van der Waals surface area contributed by atoms with Gasteiger partial charge in [0.25, 0.3) is 0 Å². The van der Waals surface area contributed by atoms with Crippen LogP contribution in [-0.4, -0.2) is 12.9 Å². The van der Waals surface area contributed by atoms with Gasteiger partial charge in [0, 0.05) is 34.0 Å². The third kappa shape index (κ3) is 2.62. The summed E-state index contributed by atoms with van der Waals surface area (Å²) in [5, 5.41) is 10.3. The van der Waals surface area contributed by atoms with Gasteiger partial charge in [-0.15, -0.1) is 0 Å². The van der Waals surface area contributed by atoms with Crippen molar-refractivity contribution in [3.63, 3.8) is 0 Å². The summed E-state index contributed by atoms with van der Waals surface area (Å²) in [6.45, 7) is 0. The molecule has 0 fully saturated rings. The lowest BCUT2D eigenvalue weighted by Gasteiger charge is -2.32. The molecule has 0 saturated carbocycles. The molecule has 3 rings (SSSR count). The van der Waals surface area contributed by atoms with E-state index in [2.05, 4.69) is 0 Å². The molecule has 0 amide bonds. The standard InChI is InChI=1S/C17H14Cl2N2O3/c1-23-13-6-8(18)5-10(19)15(13)14-9(7-20)17(21)24-12-4-2-3-11(22)16(12)14/h5-6,14H,2-4,21H2,1H3/t14-/m1/s1. The smallest absolute Gasteiger partial charge is 0.205 e. The van der Waals surface area contributed by atoms with Crippen molar-refractivity contribution in [3.8, 4) is 11.8 Å². The molecule has 24 heavy (non-hydrogen) atoms. The van der Waals surface area contributed by atoms with Crippen molar-refractivity contribution in [2.45, 2.75) is 25.2 Å². The van der Waals surface area contributed by atoms with E-state index in [4.69, 9.17) is 38.4 Å². The van der Waals surface area contributed by atoms with E-state index in [9.17, 15) is 10.1 Å². The molecule has 0 radical (unpaired) electrons. The predicted octanol–water partition coefficient (Wildman–Crippen LogP) is 3.82. The molecule has 0 saturated heterocycles. The summed E-state index contributed by atoms with van der Waals surface area (Å²) in [6.07, 6.45) is 1.67. The van der Waals surface area contributed by atoms with Gasteiger partial charge in [0.1, 0.15) is 23.2 Å². The molecule has 1 atom stereocenters. The first kappa shape index (κ1) is 16.7. The van der Waals surface area contributed by atoms with Crippen LogP contribution in [0.1, 0.15) is 30.7 Å². The van der Waals surface area contributed by atoms with Crippen LogP contribution in [0.15, 0.2) is 34.9 Å². The van der Waals surface area contributed by atoms with Crippen LogP contribution in [-0.2, 0) is 9.53 Å². The lowest BCUT2D eigenvalue weighted by Crippen LogP contribution is -2.27. The van der Waals surface area contributed by atoms with Crippen LogP contribution in [0.5, 0.6) is 5.75 Å². The van der Waals surface area contributed by atoms with Crippen molar-refractivity contribution in [1.29, 1.82) is 5.26 Å². The van der Waals surface area contributed by atoms with Gasteiger partial charge in [0.15, 0.2) is 5.78 Å². The minimum atomic E-state index is -0.716. The largest absolute Gasteiger partial charge is 0.496 e. The molecule has 1 aliphatic carbocycles. The van der Waals surface area contributed by atoms with Gasteiger partial charge in [0.2, 0.25) is 5.88 Å². The number of nitrogens with zero attached hydrogens (tertiary/aromatic N) is 1. The maximum Gasteiger partial charge on any atom is 0.205 e. The lowest BCUT2D eigenvalue weighted by atomic mass is 9.77. The van der Waals surface area contributed by atoms with Gasteiger partial charge in [-0.1, -0.05) is 23.2 Å². The van der Waals surface area contributed by atoms with E-state index in [1.165, 1.54) is 7.11 Å². The first-order valence-corrected chi connectivity index (χ1v) is 8.10. The number of nitrogens with two attached hydrogens (primary N) is 1. The quantitative estimate of drug-likeness (QED) is 0.861. The van der Waals surface area contributed by atoms with Crippen molar-refractivity contribution in [2.75, 3.05) is 7.11 Å². The molecule has 1 aliphatic heterocycles. The Balaban J connectivity index is 2.30. The van der Waals surface area contributed by atoms with Crippen molar-refractivity contribution < 1.29 is 14.3 Å². The summed E-state index contributed by atoms with van der Waals surface area (Å²) in [7, 11) is 1.47. The van der Waals surface area contributed by atoms with Crippen molar-refractivity contribution in [1.82, 2.24) is 0 Å². The number of hydrogen-bond acceptors (Lipinski definition) is 5. The van der Waals surface area contributed by atoms with Gasteiger partial charge in [-0.2, -0.15) is 5.26 Å². The SMILES string of the molecule is COc1cc(Cl)cc(Cl)c1[C@H]1C(C#N)=C(N)OC2=C1C(=O)CCC2. The summed E-state index contributed by atoms with van der Waals surface area (Å²) in [4.78, 5) is 12.5. The van der Waals surface area contributed by atoms with Crippen molar-refractivity contribution in [2.24, 2.45) is 5.73 Å². The summed E-state index contributed by atoms with van der Waals surface area (Å²) in [5.74, 6) is 0.0934. The van der Waals surface area contributed by atoms with Gasteiger partial charge >= 0.3 is 0 Å². The van der Waals surface area contributed by atoms with E-state index in [0.29, 0.717) is 52.0 Å². The Morgan fingerprint density at radius 2 is 2.12 bits per heavy atom. The van der Waals surface area contributed by atoms with Gasteiger partial charge in [-0.3, -0.25) is 4.79 Å². The number of ether oxygens (including phenoxy) is 2. The number of hydrogen-bond donors (Lipinski definition) is 1. The Kier molecular flexibility index (Phi) is 4.44. The Labute approximate surface area is 149 Å². The van der Waals surface area contributed by atoms with E-state index in [1.807, 2.05) is 6.07 Å². The number of halogens is 2. The van der Waals surface area contributed by atoms with Gasteiger partial charge in [-0.05, 0) is 18.6 Å². The van der Waals surface area contributed by atoms with Crippen LogP contribution in [0.3, 0.4) is 0 Å². The lowest BCUT2D eigenvalue weighted by molar-refractivity contribution is -0.116. The first-order valence-electron chi connectivity index (χ1n) is 7.34. The molecule has 0 aromatic heterocycles. The zero-order valence-electron chi connectivity index (χ0n) is 12.9. The first-order chi connectivity index (χ1) is 11.5. The number of rotatable bonds is 2. The molecule has 5 nitrogen and oxygen atoms in total. The monoisotopic (exact) mass is 364 g/mol. The highest BCUT2D eigenvalue weighted by Crippen LogP contribution is 2.48. The van der Waals surface area contributed by atoms with E-state index >= 15 is 0 Å². The van der Waals surface area contributed by atoms with Crippen LogP contribution in [0.2, 0.25) is 10.0 Å². The van der Waals surface area contributed by atoms with Crippen LogP contribution in [0, 0.1) is 11.3 Å². The van der Waals surface area contributed by atoms with Crippen molar-refractivity contribution >= 4 is 29.0 Å². The molecule has 2 aliphatic rings. The van der Waals surface area contributed by atoms with E-state index < -0.39 is 5.92 Å². The fraction of sp³-hybridized carbons (Fsp3) is 0.294. The highest BCUT2D eigenvalue weighted by molar-refractivity contribution is 6.35. The Morgan fingerprint density at radius 1 is 1.38 bits per heavy atom. The molecule has 1 heterocycles. The minimum absolute atomic E-state index is 0.0102. The van der Waals surface area contributed by atoms with Gasteiger partial charge in [0.05, 0.1) is 13.0 Å². The molecule has 0 spiro atoms. The van der Waals surface area contributed by atoms with Crippen LogP contribution < -0.4 is 10.5 Å². The van der Waals surface area contributed by atoms with E-state index in [1.54, 1.807) is 12.1 Å². The molecular weight excluding hydrogens is 351 g/mol. The molecule has 0 bridgehead atoms. The zero-order chi connectivity index (χ0) is 17.4. The van der Waals surface area contributed by atoms with Crippen LogP contribution in [0.4, 0.5) is 0 Å².